The summed E-state index contributed by atoms with van der Waals surface area (Å²) in [6.45, 7) is 2.50. The summed E-state index contributed by atoms with van der Waals surface area (Å²) in [6.07, 6.45) is 1.53. The number of hydrogen-bond acceptors (Lipinski definition) is 3. The first-order valence-electron chi connectivity index (χ1n) is 5.89. The molecule has 6 heteroatoms. The summed E-state index contributed by atoms with van der Waals surface area (Å²) in [6, 6.07) is 7.00. The minimum atomic E-state index is -3.16. The molecule has 0 aliphatic heterocycles. The molecule has 1 rings (SSSR count). The molecule has 0 saturated carbocycles. The fourth-order valence-electron chi connectivity index (χ4n) is 1.33. The molecule has 0 unspecified atom stereocenters. The van der Waals surface area contributed by atoms with E-state index in [-0.39, 0.29) is 18.9 Å². The standard InChI is InChI=1S/C12H18ClNO3S/c1-2-3-9-18(15,16)14-7-8-17-12-6-4-5-11(13)10-12/h4-6,10,14H,2-3,7-9H2,1H3. The van der Waals surface area contributed by atoms with Gasteiger partial charge in [-0.1, -0.05) is 31.0 Å². The van der Waals surface area contributed by atoms with E-state index in [4.69, 9.17) is 16.3 Å². The first kappa shape index (κ1) is 15.3. The highest BCUT2D eigenvalue weighted by Crippen LogP contribution is 2.16. The molecule has 0 amide bonds. The maximum Gasteiger partial charge on any atom is 0.211 e. The van der Waals surface area contributed by atoms with Crippen LogP contribution in [0.25, 0.3) is 0 Å². The lowest BCUT2D eigenvalue weighted by Crippen LogP contribution is -2.30. The highest BCUT2D eigenvalue weighted by Gasteiger charge is 2.07. The Labute approximate surface area is 113 Å². The number of sulfonamides is 1. The van der Waals surface area contributed by atoms with Crippen LogP contribution in [0.2, 0.25) is 5.02 Å². The number of nitrogens with one attached hydrogen (secondary N) is 1. The smallest absolute Gasteiger partial charge is 0.211 e. The quantitative estimate of drug-likeness (QED) is 0.749. The number of ether oxygens (including phenoxy) is 1. The lowest BCUT2D eigenvalue weighted by molar-refractivity contribution is 0.323. The van der Waals surface area contributed by atoms with Crippen molar-refractivity contribution in [2.45, 2.75) is 19.8 Å². The molecule has 0 fully saturated rings. The van der Waals surface area contributed by atoms with Crippen molar-refractivity contribution in [1.29, 1.82) is 0 Å². The van der Waals surface area contributed by atoms with Gasteiger partial charge in [0.05, 0.1) is 5.75 Å². The van der Waals surface area contributed by atoms with E-state index in [0.29, 0.717) is 17.2 Å². The van der Waals surface area contributed by atoms with Crippen molar-refractivity contribution in [1.82, 2.24) is 4.72 Å². The van der Waals surface area contributed by atoms with E-state index in [1.54, 1.807) is 24.3 Å². The summed E-state index contributed by atoms with van der Waals surface area (Å²) >= 11 is 5.80. The first-order valence-corrected chi connectivity index (χ1v) is 7.92. The lowest BCUT2D eigenvalue weighted by Gasteiger charge is -2.08. The number of benzene rings is 1. The first-order chi connectivity index (χ1) is 8.53. The minimum Gasteiger partial charge on any atom is -0.492 e. The van der Waals surface area contributed by atoms with Crippen molar-refractivity contribution in [3.8, 4) is 5.75 Å². The van der Waals surface area contributed by atoms with Crippen LogP contribution in [0.3, 0.4) is 0 Å². The Hall–Kier alpha value is -0.780. The van der Waals surface area contributed by atoms with Crippen LogP contribution in [0, 0.1) is 0 Å². The summed E-state index contributed by atoms with van der Waals surface area (Å²) < 4.78 is 30.8. The zero-order chi connectivity index (χ0) is 13.4. The second kappa shape index (κ2) is 7.61. The Morgan fingerprint density at radius 2 is 2.17 bits per heavy atom. The minimum absolute atomic E-state index is 0.167. The molecule has 1 N–H and O–H groups in total. The van der Waals surface area contributed by atoms with Crippen molar-refractivity contribution < 1.29 is 13.2 Å². The zero-order valence-corrected chi connectivity index (χ0v) is 11.9. The van der Waals surface area contributed by atoms with Gasteiger partial charge >= 0.3 is 0 Å². The molecule has 0 heterocycles. The molecule has 0 spiro atoms. The third kappa shape index (κ3) is 6.23. The molecule has 102 valence electrons. The molecular weight excluding hydrogens is 274 g/mol. The fourth-order valence-corrected chi connectivity index (χ4v) is 2.72. The average Bonchev–Trinajstić information content (AvgIpc) is 2.32. The molecule has 0 aliphatic rings. The zero-order valence-electron chi connectivity index (χ0n) is 10.4. The van der Waals surface area contributed by atoms with E-state index in [1.807, 2.05) is 6.92 Å². The van der Waals surface area contributed by atoms with Crippen LogP contribution in [-0.4, -0.2) is 27.3 Å². The van der Waals surface area contributed by atoms with E-state index < -0.39 is 10.0 Å². The van der Waals surface area contributed by atoms with Gasteiger partial charge in [-0.05, 0) is 24.6 Å². The average molecular weight is 292 g/mol. The summed E-state index contributed by atoms with van der Waals surface area (Å²) in [5.41, 5.74) is 0. The third-order valence-corrected chi connectivity index (χ3v) is 3.96. The predicted octanol–water partition coefficient (Wildman–Crippen LogP) is 2.44. The monoisotopic (exact) mass is 291 g/mol. The molecule has 0 aliphatic carbocycles. The van der Waals surface area contributed by atoms with Crippen molar-refractivity contribution in [3.63, 3.8) is 0 Å². The summed E-state index contributed by atoms with van der Waals surface area (Å²) in [5.74, 6) is 0.802. The fraction of sp³-hybridized carbons (Fsp3) is 0.500. The maximum atomic E-state index is 11.5. The van der Waals surface area contributed by atoms with Gasteiger partial charge in [-0.25, -0.2) is 13.1 Å². The summed E-state index contributed by atoms with van der Waals surface area (Å²) in [7, 11) is -3.16. The molecule has 0 atom stereocenters. The normalized spacial score (nSPS) is 11.4. The molecule has 1 aromatic carbocycles. The lowest BCUT2D eigenvalue weighted by atomic mass is 10.3. The van der Waals surface area contributed by atoms with Gasteiger partial charge in [0.25, 0.3) is 0 Å². The van der Waals surface area contributed by atoms with E-state index in [0.717, 1.165) is 6.42 Å². The van der Waals surface area contributed by atoms with Crippen molar-refractivity contribution >= 4 is 21.6 Å². The number of hydrogen-bond donors (Lipinski definition) is 1. The van der Waals surface area contributed by atoms with Crippen molar-refractivity contribution in [3.05, 3.63) is 29.3 Å². The number of rotatable bonds is 8. The third-order valence-electron chi connectivity index (χ3n) is 2.26. The van der Waals surface area contributed by atoms with Crippen LogP contribution >= 0.6 is 11.6 Å². The van der Waals surface area contributed by atoms with Crippen molar-refractivity contribution in [2.24, 2.45) is 0 Å². The Balaban J connectivity index is 2.26. The van der Waals surface area contributed by atoms with Crippen LogP contribution in [-0.2, 0) is 10.0 Å². The number of unbranched alkanes of at least 4 members (excludes halogenated alkanes) is 1. The molecule has 1 aromatic rings. The molecule has 18 heavy (non-hydrogen) atoms. The topological polar surface area (TPSA) is 55.4 Å². The Morgan fingerprint density at radius 1 is 1.39 bits per heavy atom. The van der Waals surface area contributed by atoms with Gasteiger partial charge in [-0.2, -0.15) is 0 Å². The molecular formula is C12H18ClNO3S. The largest absolute Gasteiger partial charge is 0.492 e. The van der Waals surface area contributed by atoms with Crippen LogP contribution in [0.15, 0.2) is 24.3 Å². The Bertz CT molecular complexity index is 462. The van der Waals surface area contributed by atoms with Gasteiger partial charge in [0, 0.05) is 11.6 Å². The van der Waals surface area contributed by atoms with Crippen LogP contribution in [0.4, 0.5) is 0 Å². The molecule has 4 nitrogen and oxygen atoms in total. The summed E-state index contributed by atoms with van der Waals surface area (Å²) in [5, 5.41) is 0.594. The van der Waals surface area contributed by atoms with Gasteiger partial charge in [0.15, 0.2) is 0 Å². The highest BCUT2D eigenvalue weighted by molar-refractivity contribution is 7.89. The SMILES string of the molecule is CCCCS(=O)(=O)NCCOc1cccc(Cl)c1. The number of halogens is 1. The van der Waals surface area contributed by atoms with E-state index >= 15 is 0 Å². The van der Waals surface area contributed by atoms with Gasteiger partial charge < -0.3 is 4.74 Å². The Morgan fingerprint density at radius 3 is 2.83 bits per heavy atom. The van der Waals surface area contributed by atoms with Crippen LogP contribution in [0.1, 0.15) is 19.8 Å². The van der Waals surface area contributed by atoms with E-state index in [1.165, 1.54) is 0 Å². The highest BCUT2D eigenvalue weighted by atomic mass is 35.5. The van der Waals surface area contributed by atoms with Gasteiger partial charge in [-0.15, -0.1) is 0 Å². The molecule has 0 aromatic heterocycles. The maximum absolute atomic E-state index is 11.5. The molecule has 0 radical (unpaired) electrons. The van der Waals surface area contributed by atoms with E-state index in [2.05, 4.69) is 4.72 Å². The predicted molar refractivity (Wildman–Crippen MR) is 73.6 cm³/mol. The second-order valence-electron chi connectivity index (χ2n) is 3.87. The Kier molecular flexibility index (Phi) is 6.46. The van der Waals surface area contributed by atoms with E-state index in [9.17, 15) is 8.42 Å². The van der Waals surface area contributed by atoms with Gasteiger partial charge in [0.2, 0.25) is 10.0 Å². The van der Waals surface area contributed by atoms with Crippen LogP contribution < -0.4 is 9.46 Å². The molecule has 0 bridgehead atoms. The van der Waals surface area contributed by atoms with Gasteiger partial charge in [0.1, 0.15) is 12.4 Å². The van der Waals surface area contributed by atoms with Crippen LogP contribution in [0.5, 0.6) is 5.75 Å². The molecule has 0 saturated heterocycles. The van der Waals surface area contributed by atoms with Gasteiger partial charge in [-0.3, -0.25) is 0 Å². The summed E-state index contributed by atoms with van der Waals surface area (Å²) in [4.78, 5) is 0. The van der Waals surface area contributed by atoms with Crippen molar-refractivity contribution in [2.75, 3.05) is 18.9 Å². The second-order valence-corrected chi connectivity index (χ2v) is 6.24.